The van der Waals surface area contributed by atoms with Crippen LogP contribution in [0.4, 0.5) is 5.69 Å². The Morgan fingerprint density at radius 2 is 1.83 bits per heavy atom. The molecule has 6 heteroatoms. The quantitative estimate of drug-likeness (QED) is 0.834. The summed E-state index contributed by atoms with van der Waals surface area (Å²) >= 11 is 0. The number of para-hydroxylation sites is 1. The van der Waals surface area contributed by atoms with Crippen LogP contribution in [0.1, 0.15) is 32.1 Å². The highest BCUT2D eigenvalue weighted by Crippen LogP contribution is 2.37. The number of nitrogens with one attached hydrogen (secondary N) is 2. The van der Waals surface area contributed by atoms with Gasteiger partial charge >= 0.3 is 11.8 Å². The fraction of sp³-hybridized carbons (Fsp3) is 0.529. The molecule has 1 aliphatic carbocycles. The van der Waals surface area contributed by atoms with Crippen LogP contribution in [0.2, 0.25) is 0 Å². The molecule has 1 saturated carbocycles. The average Bonchev–Trinajstić information content (AvgIpc) is 2.96. The summed E-state index contributed by atoms with van der Waals surface area (Å²) in [5.41, 5.74) is 0.592. The maximum atomic E-state index is 11.9. The van der Waals surface area contributed by atoms with Gasteiger partial charge in [0.05, 0.1) is 6.61 Å². The van der Waals surface area contributed by atoms with Gasteiger partial charge in [-0.3, -0.25) is 9.59 Å². The normalized spacial score (nSPS) is 22.7. The summed E-state index contributed by atoms with van der Waals surface area (Å²) in [6.45, 7) is 0.739. The monoisotopic (exact) mass is 318 g/mol. The van der Waals surface area contributed by atoms with Crippen molar-refractivity contribution in [1.29, 1.82) is 0 Å². The molecule has 0 unspecified atom stereocenters. The SMILES string of the molecule is O=C(NC[C@@H]1COC2(CCCCC2)O1)C(=O)Nc1ccccc1. The van der Waals surface area contributed by atoms with Crippen molar-refractivity contribution < 1.29 is 19.1 Å². The van der Waals surface area contributed by atoms with Gasteiger partial charge in [-0.15, -0.1) is 0 Å². The second kappa shape index (κ2) is 7.10. The fourth-order valence-corrected chi connectivity index (χ4v) is 3.07. The first-order valence-corrected chi connectivity index (χ1v) is 8.13. The van der Waals surface area contributed by atoms with E-state index >= 15 is 0 Å². The second-order valence-corrected chi connectivity index (χ2v) is 6.05. The molecular formula is C17H22N2O4. The van der Waals surface area contributed by atoms with Gasteiger partial charge in [0, 0.05) is 25.1 Å². The summed E-state index contributed by atoms with van der Waals surface area (Å²) in [6.07, 6.45) is 5.06. The molecule has 0 radical (unpaired) electrons. The fourth-order valence-electron chi connectivity index (χ4n) is 3.07. The van der Waals surface area contributed by atoms with Crippen LogP contribution >= 0.6 is 0 Å². The predicted molar refractivity (Wildman–Crippen MR) is 84.7 cm³/mol. The lowest BCUT2D eigenvalue weighted by molar-refractivity contribution is -0.186. The molecule has 3 rings (SSSR count). The largest absolute Gasteiger partial charge is 0.347 e. The van der Waals surface area contributed by atoms with Crippen LogP contribution in [0.25, 0.3) is 0 Å². The van der Waals surface area contributed by atoms with Crippen molar-refractivity contribution in [1.82, 2.24) is 5.32 Å². The van der Waals surface area contributed by atoms with Gasteiger partial charge in [0.1, 0.15) is 6.10 Å². The molecule has 1 saturated heterocycles. The number of hydrogen-bond acceptors (Lipinski definition) is 4. The highest BCUT2D eigenvalue weighted by molar-refractivity contribution is 6.39. The van der Waals surface area contributed by atoms with E-state index in [4.69, 9.17) is 9.47 Å². The Kier molecular flexibility index (Phi) is 4.93. The van der Waals surface area contributed by atoms with Gasteiger partial charge < -0.3 is 20.1 Å². The summed E-state index contributed by atoms with van der Waals surface area (Å²) in [7, 11) is 0. The van der Waals surface area contributed by atoms with Crippen LogP contribution in [-0.2, 0) is 19.1 Å². The van der Waals surface area contributed by atoms with E-state index in [1.54, 1.807) is 24.3 Å². The van der Waals surface area contributed by atoms with E-state index in [1.165, 1.54) is 6.42 Å². The van der Waals surface area contributed by atoms with E-state index in [9.17, 15) is 9.59 Å². The topological polar surface area (TPSA) is 76.7 Å². The number of hydrogen-bond donors (Lipinski definition) is 2. The molecule has 124 valence electrons. The van der Waals surface area contributed by atoms with Crippen LogP contribution in [-0.4, -0.2) is 36.9 Å². The minimum absolute atomic E-state index is 0.193. The lowest BCUT2D eigenvalue weighted by atomic mass is 9.94. The van der Waals surface area contributed by atoms with E-state index in [0.29, 0.717) is 12.3 Å². The highest BCUT2D eigenvalue weighted by atomic mass is 16.7. The molecule has 1 aromatic carbocycles. The Bertz CT molecular complexity index is 555. The standard InChI is InChI=1S/C17H22N2O4/c20-15(16(21)19-13-7-3-1-4-8-13)18-11-14-12-22-17(23-14)9-5-2-6-10-17/h1,3-4,7-8,14H,2,5-6,9-12H2,(H,18,20)(H,19,21)/t14-/m1/s1. The van der Waals surface area contributed by atoms with Gasteiger partial charge in [-0.25, -0.2) is 0 Å². The zero-order valence-electron chi connectivity index (χ0n) is 13.0. The number of benzene rings is 1. The van der Waals surface area contributed by atoms with Gasteiger partial charge in [-0.2, -0.15) is 0 Å². The van der Waals surface area contributed by atoms with Gasteiger partial charge in [0.25, 0.3) is 0 Å². The van der Waals surface area contributed by atoms with Crippen LogP contribution in [0.15, 0.2) is 30.3 Å². The first-order valence-electron chi connectivity index (χ1n) is 8.13. The van der Waals surface area contributed by atoms with Gasteiger partial charge in [0.15, 0.2) is 5.79 Å². The Hall–Kier alpha value is -1.92. The minimum Gasteiger partial charge on any atom is -0.347 e. The molecule has 2 amide bonds. The van der Waals surface area contributed by atoms with Gasteiger partial charge in [0.2, 0.25) is 0 Å². The van der Waals surface area contributed by atoms with Crippen molar-refractivity contribution in [3.63, 3.8) is 0 Å². The zero-order valence-corrected chi connectivity index (χ0v) is 13.0. The third kappa shape index (κ3) is 4.09. The van der Waals surface area contributed by atoms with E-state index in [0.717, 1.165) is 25.7 Å². The smallest absolute Gasteiger partial charge is 0.313 e. The molecule has 0 bridgehead atoms. The lowest BCUT2D eigenvalue weighted by Crippen LogP contribution is -2.41. The average molecular weight is 318 g/mol. The first-order chi connectivity index (χ1) is 11.2. The minimum atomic E-state index is -0.678. The number of carbonyl (C=O) groups excluding carboxylic acids is 2. The van der Waals surface area contributed by atoms with E-state index in [2.05, 4.69) is 10.6 Å². The molecule has 1 aromatic rings. The van der Waals surface area contributed by atoms with Gasteiger partial charge in [-0.05, 0) is 25.0 Å². The predicted octanol–water partition coefficient (Wildman–Crippen LogP) is 1.82. The maximum Gasteiger partial charge on any atom is 0.313 e. The molecule has 2 aliphatic rings. The summed E-state index contributed by atoms with van der Waals surface area (Å²) < 4.78 is 11.8. The van der Waals surface area contributed by atoms with Crippen LogP contribution in [0.3, 0.4) is 0 Å². The maximum absolute atomic E-state index is 11.9. The Labute approximate surface area is 135 Å². The van der Waals surface area contributed by atoms with Crippen molar-refractivity contribution in [3.05, 3.63) is 30.3 Å². The van der Waals surface area contributed by atoms with Crippen LogP contribution in [0.5, 0.6) is 0 Å². The lowest BCUT2D eigenvalue weighted by Gasteiger charge is -2.31. The molecule has 6 nitrogen and oxygen atoms in total. The molecular weight excluding hydrogens is 296 g/mol. The van der Waals surface area contributed by atoms with Crippen LogP contribution < -0.4 is 10.6 Å². The van der Waals surface area contributed by atoms with Crippen LogP contribution in [0, 0.1) is 0 Å². The summed E-state index contributed by atoms with van der Waals surface area (Å²) in [6, 6.07) is 8.88. The number of anilines is 1. The molecule has 1 aliphatic heterocycles. The number of rotatable bonds is 3. The van der Waals surface area contributed by atoms with E-state index in [-0.39, 0.29) is 12.6 Å². The third-order valence-electron chi connectivity index (χ3n) is 4.26. The Morgan fingerprint density at radius 3 is 2.57 bits per heavy atom. The van der Waals surface area contributed by atoms with E-state index in [1.807, 2.05) is 6.07 Å². The summed E-state index contributed by atoms with van der Waals surface area (Å²) in [4.78, 5) is 23.7. The number of ether oxygens (including phenoxy) is 2. The first kappa shape index (κ1) is 16.0. The zero-order chi connectivity index (χ0) is 16.1. The Morgan fingerprint density at radius 1 is 1.09 bits per heavy atom. The molecule has 0 aromatic heterocycles. The van der Waals surface area contributed by atoms with Crippen molar-refractivity contribution in [2.24, 2.45) is 0 Å². The second-order valence-electron chi connectivity index (χ2n) is 6.05. The molecule has 1 atom stereocenters. The summed E-state index contributed by atoms with van der Waals surface area (Å²) in [5.74, 6) is -1.80. The Balaban J connectivity index is 1.43. The van der Waals surface area contributed by atoms with Crippen molar-refractivity contribution in [2.45, 2.75) is 44.0 Å². The third-order valence-corrected chi connectivity index (χ3v) is 4.26. The highest BCUT2D eigenvalue weighted by Gasteiger charge is 2.42. The summed E-state index contributed by atoms with van der Waals surface area (Å²) in [5, 5.41) is 5.16. The van der Waals surface area contributed by atoms with Crippen molar-refractivity contribution >= 4 is 17.5 Å². The molecule has 1 heterocycles. The van der Waals surface area contributed by atoms with Gasteiger partial charge in [-0.1, -0.05) is 24.6 Å². The number of carbonyl (C=O) groups is 2. The van der Waals surface area contributed by atoms with Crippen molar-refractivity contribution in [2.75, 3.05) is 18.5 Å². The molecule has 1 spiro atoms. The number of amides is 2. The molecule has 2 fully saturated rings. The van der Waals surface area contributed by atoms with E-state index < -0.39 is 17.6 Å². The molecule has 2 N–H and O–H groups in total. The molecule has 23 heavy (non-hydrogen) atoms. The van der Waals surface area contributed by atoms with Crippen molar-refractivity contribution in [3.8, 4) is 0 Å².